The molecule has 0 amide bonds. The first-order valence-electron chi connectivity index (χ1n) is 7.69. The van der Waals surface area contributed by atoms with E-state index in [-0.39, 0.29) is 18.3 Å². The van der Waals surface area contributed by atoms with Crippen LogP contribution in [-0.2, 0) is 11.3 Å². The molecule has 1 aromatic carbocycles. The largest absolute Gasteiger partial charge is 0.497 e. The van der Waals surface area contributed by atoms with Crippen LogP contribution in [0.5, 0.6) is 5.75 Å². The van der Waals surface area contributed by atoms with Crippen molar-refractivity contribution in [1.29, 1.82) is 0 Å². The summed E-state index contributed by atoms with van der Waals surface area (Å²) in [7, 11) is 1.63. The van der Waals surface area contributed by atoms with Crippen molar-refractivity contribution in [2.24, 2.45) is 5.92 Å². The van der Waals surface area contributed by atoms with E-state index >= 15 is 0 Å². The van der Waals surface area contributed by atoms with Gasteiger partial charge in [-0.15, -0.1) is 12.4 Å². The third kappa shape index (κ3) is 4.27. The molecule has 0 atom stereocenters. The smallest absolute Gasteiger partial charge is 0.306 e. The van der Waals surface area contributed by atoms with Crippen LogP contribution in [0.25, 0.3) is 11.5 Å². The first-order chi connectivity index (χ1) is 11.2. The van der Waals surface area contributed by atoms with E-state index in [1.165, 1.54) is 0 Å². The predicted octanol–water partition coefficient (Wildman–Crippen LogP) is 3.07. The summed E-state index contributed by atoms with van der Waals surface area (Å²) >= 11 is 0. The van der Waals surface area contributed by atoms with Crippen molar-refractivity contribution in [2.75, 3.05) is 20.2 Å². The highest BCUT2D eigenvalue weighted by Gasteiger charge is 2.24. The Bertz CT molecular complexity index is 663. The zero-order valence-corrected chi connectivity index (χ0v) is 14.3. The minimum absolute atomic E-state index is 0. The summed E-state index contributed by atoms with van der Waals surface area (Å²) in [6, 6.07) is 7.56. The Morgan fingerprint density at radius 2 is 2.00 bits per heavy atom. The normalized spacial score (nSPS) is 15.7. The number of benzene rings is 1. The minimum Gasteiger partial charge on any atom is -0.497 e. The van der Waals surface area contributed by atoms with Gasteiger partial charge >= 0.3 is 5.97 Å². The number of carboxylic acid groups (broad SMARTS) is 1. The highest BCUT2D eigenvalue weighted by Crippen LogP contribution is 2.23. The van der Waals surface area contributed by atoms with Crippen molar-refractivity contribution in [2.45, 2.75) is 19.4 Å². The number of halogens is 1. The van der Waals surface area contributed by atoms with E-state index < -0.39 is 5.97 Å². The molecule has 0 saturated carbocycles. The third-order valence-corrected chi connectivity index (χ3v) is 4.21. The monoisotopic (exact) mass is 352 g/mol. The molecule has 0 radical (unpaired) electrons. The standard InChI is InChI=1S/C17H20N2O4.ClH/c1-22-15-4-2-12(3-5-15)16-18-14(11-23-16)10-19-8-6-13(7-9-19)17(20)21;/h2-5,11,13H,6-10H2,1H3,(H,20,21);1H. The fraction of sp³-hybridized carbons (Fsp3) is 0.412. The molecule has 0 unspecified atom stereocenters. The maximum absolute atomic E-state index is 11.0. The second-order valence-corrected chi connectivity index (χ2v) is 5.76. The number of piperidine rings is 1. The highest BCUT2D eigenvalue weighted by molar-refractivity contribution is 5.85. The fourth-order valence-corrected chi connectivity index (χ4v) is 2.81. The number of hydrogen-bond acceptors (Lipinski definition) is 5. The van der Waals surface area contributed by atoms with Gasteiger partial charge < -0.3 is 14.3 Å². The van der Waals surface area contributed by atoms with Crippen LogP contribution in [0.2, 0.25) is 0 Å². The highest BCUT2D eigenvalue weighted by atomic mass is 35.5. The van der Waals surface area contributed by atoms with E-state index in [2.05, 4.69) is 9.88 Å². The van der Waals surface area contributed by atoms with E-state index in [0.29, 0.717) is 25.3 Å². The van der Waals surface area contributed by atoms with E-state index in [0.717, 1.165) is 30.1 Å². The van der Waals surface area contributed by atoms with Crippen molar-refractivity contribution in [3.8, 4) is 17.2 Å². The molecule has 1 saturated heterocycles. The van der Waals surface area contributed by atoms with Crippen LogP contribution in [0.3, 0.4) is 0 Å². The maximum atomic E-state index is 11.0. The number of carboxylic acids is 1. The first-order valence-corrected chi connectivity index (χ1v) is 7.69. The Morgan fingerprint density at radius 1 is 1.33 bits per heavy atom. The van der Waals surface area contributed by atoms with Crippen molar-refractivity contribution in [3.63, 3.8) is 0 Å². The topological polar surface area (TPSA) is 75.8 Å². The van der Waals surface area contributed by atoms with Crippen LogP contribution in [0.4, 0.5) is 0 Å². The van der Waals surface area contributed by atoms with Crippen LogP contribution in [-0.4, -0.2) is 41.2 Å². The van der Waals surface area contributed by atoms with Crippen LogP contribution in [0.1, 0.15) is 18.5 Å². The maximum Gasteiger partial charge on any atom is 0.306 e. The van der Waals surface area contributed by atoms with Gasteiger partial charge in [0.1, 0.15) is 12.0 Å². The average molecular weight is 353 g/mol. The Kier molecular flexibility index (Phi) is 6.23. The van der Waals surface area contributed by atoms with Crippen molar-refractivity contribution >= 4 is 18.4 Å². The number of nitrogens with zero attached hydrogens (tertiary/aromatic N) is 2. The summed E-state index contributed by atoms with van der Waals surface area (Å²) < 4.78 is 10.7. The summed E-state index contributed by atoms with van der Waals surface area (Å²) in [6.07, 6.45) is 3.06. The summed E-state index contributed by atoms with van der Waals surface area (Å²) in [4.78, 5) is 17.7. The van der Waals surface area contributed by atoms with E-state index in [1.54, 1.807) is 13.4 Å². The molecule has 6 nitrogen and oxygen atoms in total. The Hall–Kier alpha value is -2.05. The van der Waals surface area contributed by atoms with Crippen LogP contribution >= 0.6 is 12.4 Å². The first kappa shape index (κ1) is 18.3. The molecule has 2 heterocycles. The molecule has 0 aliphatic carbocycles. The van der Waals surface area contributed by atoms with Gasteiger partial charge in [-0.1, -0.05) is 0 Å². The Morgan fingerprint density at radius 3 is 2.58 bits per heavy atom. The van der Waals surface area contributed by atoms with Gasteiger partial charge in [-0.3, -0.25) is 9.69 Å². The number of aromatic nitrogens is 1. The second-order valence-electron chi connectivity index (χ2n) is 5.76. The van der Waals surface area contributed by atoms with Gasteiger partial charge in [0.2, 0.25) is 5.89 Å². The van der Waals surface area contributed by atoms with Crippen molar-refractivity contribution < 1.29 is 19.1 Å². The third-order valence-electron chi connectivity index (χ3n) is 4.21. The Labute approximate surface area is 146 Å². The molecule has 1 fully saturated rings. The van der Waals surface area contributed by atoms with E-state index in [9.17, 15) is 4.79 Å². The lowest BCUT2D eigenvalue weighted by Crippen LogP contribution is -2.35. The lowest BCUT2D eigenvalue weighted by molar-refractivity contribution is -0.143. The van der Waals surface area contributed by atoms with Gasteiger partial charge in [0, 0.05) is 12.1 Å². The Balaban J connectivity index is 0.00000208. The number of oxazole rings is 1. The molecule has 7 heteroatoms. The quantitative estimate of drug-likeness (QED) is 0.891. The molecule has 3 rings (SSSR count). The fourth-order valence-electron chi connectivity index (χ4n) is 2.81. The lowest BCUT2D eigenvalue weighted by Gasteiger charge is -2.29. The minimum atomic E-state index is -0.687. The zero-order chi connectivity index (χ0) is 16.2. The van der Waals surface area contributed by atoms with Crippen LogP contribution < -0.4 is 4.74 Å². The average Bonchev–Trinajstić information content (AvgIpc) is 3.04. The molecule has 0 bridgehead atoms. The molecular weight excluding hydrogens is 332 g/mol. The summed E-state index contributed by atoms with van der Waals surface area (Å²) in [5.41, 5.74) is 1.77. The van der Waals surface area contributed by atoms with Gasteiger partial charge in [0.25, 0.3) is 0 Å². The molecule has 2 aromatic rings. The van der Waals surface area contributed by atoms with E-state index in [4.69, 9.17) is 14.3 Å². The molecule has 24 heavy (non-hydrogen) atoms. The molecule has 0 spiro atoms. The van der Waals surface area contributed by atoms with Crippen LogP contribution in [0.15, 0.2) is 34.9 Å². The lowest BCUT2D eigenvalue weighted by atomic mass is 9.97. The molecule has 130 valence electrons. The molecule has 1 aromatic heterocycles. The number of aliphatic carboxylic acids is 1. The zero-order valence-electron chi connectivity index (χ0n) is 13.5. The number of ether oxygens (including phenoxy) is 1. The number of rotatable bonds is 5. The van der Waals surface area contributed by atoms with Gasteiger partial charge in [-0.25, -0.2) is 4.98 Å². The van der Waals surface area contributed by atoms with Gasteiger partial charge in [-0.05, 0) is 50.2 Å². The molecule has 1 N–H and O–H groups in total. The van der Waals surface area contributed by atoms with E-state index in [1.807, 2.05) is 24.3 Å². The number of methoxy groups -OCH3 is 1. The predicted molar refractivity (Wildman–Crippen MR) is 91.4 cm³/mol. The van der Waals surface area contributed by atoms with Gasteiger partial charge in [0.15, 0.2) is 0 Å². The number of carbonyl (C=O) groups is 1. The molecule has 1 aliphatic heterocycles. The number of hydrogen-bond donors (Lipinski definition) is 1. The van der Waals surface area contributed by atoms with Crippen molar-refractivity contribution in [1.82, 2.24) is 9.88 Å². The summed E-state index contributed by atoms with van der Waals surface area (Å²) in [5.74, 6) is 0.483. The SMILES string of the molecule is COc1ccc(-c2nc(CN3CCC(C(=O)O)CC3)co2)cc1.Cl. The van der Waals surface area contributed by atoms with Gasteiger partial charge in [0.05, 0.1) is 18.7 Å². The number of likely N-dealkylation sites (tertiary alicyclic amines) is 1. The summed E-state index contributed by atoms with van der Waals surface area (Å²) in [5, 5.41) is 9.03. The van der Waals surface area contributed by atoms with Crippen LogP contribution in [0, 0.1) is 5.92 Å². The second kappa shape index (κ2) is 8.17. The molecular formula is C17H21ClN2O4. The van der Waals surface area contributed by atoms with Gasteiger partial charge in [-0.2, -0.15) is 0 Å². The van der Waals surface area contributed by atoms with Crippen molar-refractivity contribution in [3.05, 3.63) is 36.2 Å². The summed E-state index contributed by atoms with van der Waals surface area (Å²) in [6.45, 7) is 2.25. The molecule has 1 aliphatic rings.